The van der Waals surface area contributed by atoms with Crippen molar-refractivity contribution in [3.63, 3.8) is 0 Å². The van der Waals surface area contributed by atoms with Gasteiger partial charge in [-0.1, -0.05) is 43.2 Å². The lowest BCUT2D eigenvalue weighted by molar-refractivity contribution is 0.391. The van der Waals surface area contributed by atoms with E-state index in [1.165, 1.54) is 37.9 Å². The lowest BCUT2D eigenvalue weighted by atomic mass is 9.91. The molecule has 15 heavy (non-hydrogen) atoms. The first kappa shape index (κ1) is 11.1. The van der Waals surface area contributed by atoms with Crippen LogP contribution in [0, 0.1) is 5.92 Å². The molecule has 0 saturated heterocycles. The molecule has 2 nitrogen and oxygen atoms in total. The van der Waals surface area contributed by atoms with Gasteiger partial charge in [0, 0.05) is 18.1 Å². The van der Waals surface area contributed by atoms with Gasteiger partial charge in [0.05, 0.1) is 0 Å². The second kappa shape index (κ2) is 5.66. The molecule has 0 atom stereocenters. The van der Waals surface area contributed by atoms with Crippen molar-refractivity contribution in [1.29, 1.82) is 0 Å². The van der Waals surface area contributed by atoms with E-state index in [1.54, 1.807) is 24.3 Å². The molecule has 1 aromatic rings. The summed E-state index contributed by atoms with van der Waals surface area (Å²) >= 11 is 7.12. The Hall–Kier alpha value is -0.350. The molecular formula is C11H16N2S2. The summed E-state index contributed by atoms with van der Waals surface area (Å²) < 4.78 is 2.85. The van der Waals surface area contributed by atoms with Crippen molar-refractivity contribution >= 4 is 28.3 Å². The highest BCUT2D eigenvalue weighted by Crippen LogP contribution is 2.27. The van der Waals surface area contributed by atoms with Crippen molar-refractivity contribution in [3.8, 4) is 0 Å². The fraction of sp³-hybridized carbons (Fsp3) is 0.636. The van der Waals surface area contributed by atoms with Crippen LogP contribution in [0.5, 0.6) is 0 Å². The van der Waals surface area contributed by atoms with Crippen LogP contribution < -0.4 is 0 Å². The van der Waals surface area contributed by atoms with Crippen molar-refractivity contribution in [2.45, 2.75) is 32.1 Å². The van der Waals surface area contributed by atoms with E-state index < -0.39 is 0 Å². The molecule has 0 bridgehead atoms. The summed E-state index contributed by atoms with van der Waals surface area (Å²) in [7, 11) is 0. The SMILES string of the molecule is S=C(SCC1CCCCC1)n1ccnc1. The third kappa shape index (κ3) is 3.31. The van der Waals surface area contributed by atoms with Crippen LogP contribution in [-0.4, -0.2) is 19.6 Å². The van der Waals surface area contributed by atoms with Crippen LogP contribution in [0.15, 0.2) is 18.7 Å². The predicted octanol–water partition coefficient (Wildman–Crippen LogP) is 3.33. The van der Waals surface area contributed by atoms with Gasteiger partial charge in [-0.2, -0.15) is 0 Å². The van der Waals surface area contributed by atoms with Gasteiger partial charge >= 0.3 is 0 Å². The van der Waals surface area contributed by atoms with Gasteiger partial charge in [-0.15, -0.1) is 0 Å². The van der Waals surface area contributed by atoms with Crippen LogP contribution in [0.4, 0.5) is 0 Å². The van der Waals surface area contributed by atoms with Crippen LogP contribution in [0.1, 0.15) is 32.1 Å². The first-order valence-corrected chi connectivity index (χ1v) is 6.91. The smallest absolute Gasteiger partial charge is 0.145 e. The highest BCUT2D eigenvalue weighted by molar-refractivity contribution is 8.23. The Bertz CT molecular complexity index is 302. The molecule has 0 N–H and O–H groups in total. The molecule has 1 heterocycles. The Morgan fingerprint density at radius 2 is 2.20 bits per heavy atom. The Balaban J connectivity index is 1.75. The van der Waals surface area contributed by atoms with Gasteiger partial charge in [-0.05, 0) is 18.8 Å². The number of thioether (sulfide) groups is 1. The number of aromatic nitrogens is 2. The number of thiocarbonyl (C=S) groups is 1. The molecule has 0 aromatic carbocycles. The van der Waals surface area contributed by atoms with Gasteiger partial charge in [-0.3, -0.25) is 4.57 Å². The highest BCUT2D eigenvalue weighted by atomic mass is 32.2. The van der Waals surface area contributed by atoms with Gasteiger partial charge in [0.1, 0.15) is 10.6 Å². The van der Waals surface area contributed by atoms with Crippen LogP contribution in [0.2, 0.25) is 0 Å². The fourth-order valence-corrected chi connectivity index (χ4v) is 3.27. The predicted molar refractivity (Wildman–Crippen MR) is 69.3 cm³/mol. The standard InChI is InChI=1S/C11H16N2S2/c14-11(13-7-6-12-9-13)15-8-10-4-2-1-3-5-10/h6-7,9-10H,1-5,8H2. The molecule has 1 fully saturated rings. The molecule has 82 valence electrons. The van der Waals surface area contributed by atoms with Gasteiger partial charge in [0.15, 0.2) is 0 Å². The molecule has 0 radical (unpaired) electrons. The minimum Gasteiger partial charge on any atom is -0.291 e. The zero-order valence-corrected chi connectivity index (χ0v) is 10.4. The van der Waals surface area contributed by atoms with Gasteiger partial charge < -0.3 is 0 Å². The average Bonchev–Trinajstić information content (AvgIpc) is 2.81. The van der Waals surface area contributed by atoms with Crippen LogP contribution >= 0.6 is 24.0 Å². The largest absolute Gasteiger partial charge is 0.291 e. The number of hydrogen-bond donors (Lipinski definition) is 0. The molecule has 4 heteroatoms. The first-order chi connectivity index (χ1) is 7.36. The Morgan fingerprint density at radius 1 is 1.40 bits per heavy atom. The molecule has 0 aliphatic heterocycles. The lowest BCUT2D eigenvalue weighted by Crippen LogP contribution is -2.11. The van der Waals surface area contributed by atoms with E-state index in [0.29, 0.717) is 0 Å². The fourth-order valence-electron chi connectivity index (χ4n) is 1.98. The van der Waals surface area contributed by atoms with Gasteiger partial charge in [0.25, 0.3) is 0 Å². The van der Waals surface area contributed by atoms with E-state index in [-0.39, 0.29) is 0 Å². The molecule has 1 aliphatic carbocycles. The molecule has 1 saturated carbocycles. The normalized spacial score (nSPS) is 17.9. The zero-order valence-electron chi connectivity index (χ0n) is 8.76. The number of hydrogen-bond acceptors (Lipinski definition) is 3. The second-order valence-electron chi connectivity index (χ2n) is 4.05. The number of nitrogens with zero attached hydrogens (tertiary/aromatic N) is 2. The van der Waals surface area contributed by atoms with Gasteiger partial charge in [0.2, 0.25) is 0 Å². The minimum absolute atomic E-state index is 0.880. The average molecular weight is 240 g/mol. The van der Waals surface area contributed by atoms with E-state index in [4.69, 9.17) is 12.2 Å². The maximum Gasteiger partial charge on any atom is 0.145 e. The summed E-state index contributed by atoms with van der Waals surface area (Å²) in [5, 5.41) is 0. The monoisotopic (exact) mass is 240 g/mol. The minimum atomic E-state index is 0.880. The van der Waals surface area contributed by atoms with E-state index in [1.807, 2.05) is 10.8 Å². The highest BCUT2D eigenvalue weighted by Gasteiger charge is 2.14. The Labute approximate surface area is 100 Å². The maximum absolute atomic E-state index is 5.33. The van der Waals surface area contributed by atoms with E-state index in [0.717, 1.165) is 10.2 Å². The molecular weight excluding hydrogens is 224 g/mol. The quantitative estimate of drug-likeness (QED) is 0.739. The third-order valence-corrected chi connectivity index (χ3v) is 4.54. The van der Waals surface area contributed by atoms with Crippen molar-refractivity contribution in [3.05, 3.63) is 18.7 Å². The summed E-state index contributed by atoms with van der Waals surface area (Å²) in [5.41, 5.74) is 0. The molecule has 1 aromatic heterocycles. The van der Waals surface area contributed by atoms with E-state index >= 15 is 0 Å². The number of rotatable bonds is 2. The molecule has 2 rings (SSSR count). The lowest BCUT2D eigenvalue weighted by Gasteiger charge is -2.20. The molecule has 1 aliphatic rings. The van der Waals surface area contributed by atoms with Gasteiger partial charge in [-0.25, -0.2) is 4.98 Å². The van der Waals surface area contributed by atoms with Crippen molar-refractivity contribution < 1.29 is 0 Å². The maximum atomic E-state index is 5.33. The van der Waals surface area contributed by atoms with E-state index in [2.05, 4.69) is 4.98 Å². The summed E-state index contributed by atoms with van der Waals surface area (Å²) in [6.07, 6.45) is 12.5. The summed E-state index contributed by atoms with van der Waals surface area (Å²) in [4.78, 5) is 4.00. The molecule has 0 spiro atoms. The summed E-state index contributed by atoms with van der Waals surface area (Å²) in [6, 6.07) is 0. The number of imidazole rings is 1. The van der Waals surface area contributed by atoms with Crippen LogP contribution in [0.3, 0.4) is 0 Å². The van der Waals surface area contributed by atoms with Crippen LogP contribution in [0.25, 0.3) is 0 Å². The molecule has 0 unspecified atom stereocenters. The zero-order chi connectivity index (χ0) is 10.5. The molecule has 0 amide bonds. The first-order valence-electron chi connectivity index (χ1n) is 5.51. The Morgan fingerprint density at radius 3 is 2.87 bits per heavy atom. The summed E-state index contributed by atoms with van der Waals surface area (Å²) in [5.74, 6) is 2.06. The second-order valence-corrected chi connectivity index (χ2v) is 5.70. The van der Waals surface area contributed by atoms with Crippen molar-refractivity contribution in [2.24, 2.45) is 5.92 Å². The summed E-state index contributed by atoms with van der Waals surface area (Å²) in [6.45, 7) is 0. The van der Waals surface area contributed by atoms with Crippen molar-refractivity contribution in [2.75, 3.05) is 5.75 Å². The Kier molecular flexibility index (Phi) is 4.20. The third-order valence-electron chi connectivity index (χ3n) is 2.88. The van der Waals surface area contributed by atoms with Crippen molar-refractivity contribution in [1.82, 2.24) is 9.55 Å². The van der Waals surface area contributed by atoms with E-state index in [9.17, 15) is 0 Å². The van der Waals surface area contributed by atoms with Crippen LogP contribution in [-0.2, 0) is 0 Å². The topological polar surface area (TPSA) is 17.8 Å².